The Morgan fingerprint density at radius 3 is 2.79 bits per heavy atom. The van der Waals surface area contributed by atoms with E-state index in [0.29, 0.717) is 12.8 Å². The van der Waals surface area contributed by atoms with Crippen molar-refractivity contribution in [3.05, 3.63) is 34.2 Å². The number of hydrogen-bond donors (Lipinski definition) is 0. The van der Waals surface area contributed by atoms with Crippen LogP contribution in [-0.2, 0) is 4.79 Å². The van der Waals surface area contributed by atoms with Crippen LogP contribution >= 0.6 is 0 Å². The molecule has 0 amide bonds. The molecule has 0 N–H and O–H groups in total. The number of ketones is 2. The average Bonchev–Trinajstić information content (AvgIpc) is 2.45. The summed E-state index contributed by atoms with van der Waals surface area (Å²) in [5.41, 5.74) is 1.80. The summed E-state index contributed by atoms with van der Waals surface area (Å²) in [6, 6.07) is 5.58. The molecule has 0 atom stereocenters. The maximum absolute atomic E-state index is 11.6. The second kappa shape index (κ2) is 2.41. The Morgan fingerprint density at radius 1 is 1.07 bits per heavy atom. The molecule has 2 heteroatoms. The van der Waals surface area contributed by atoms with Crippen LogP contribution in [-0.4, -0.2) is 11.6 Å². The topological polar surface area (TPSA) is 34.1 Å². The molecule has 0 aromatic heterocycles. The highest BCUT2D eigenvalue weighted by Gasteiger charge is 2.23. The zero-order chi connectivity index (χ0) is 9.71. The molecule has 0 fully saturated rings. The van der Waals surface area contributed by atoms with Crippen molar-refractivity contribution in [1.82, 2.24) is 0 Å². The molecule has 68 valence electrons. The first kappa shape index (κ1) is 7.68. The lowest BCUT2D eigenvalue weighted by molar-refractivity contribution is -0.112. The van der Waals surface area contributed by atoms with E-state index in [9.17, 15) is 9.59 Å². The molecule has 0 radical (unpaired) electrons. The second-order valence-electron chi connectivity index (χ2n) is 3.76. The number of Topliss-reactive ketones (excluding diaryl/α,β-unsaturated/α-hetero) is 2. The Balaban J connectivity index is 2.53. The maximum Gasteiger partial charge on any atom is 0.167 e. The molecule has 0 spiro atoms. The van der Waals surface area contributed by atoms with E-state index in [2.05, 4.69) is 0 Å². The number of carbonyl (C=O) groups is 2. The molecule has 0 bridgehead atoms. The Morgan fingerprint density at radius 2 is 1.93 bits per heavy atom. The Labute approximate surface area is 80.6 Å². The highest BCUT2D eigenvalue weighted by molar-refractivity contribution is 6.15. The minimum atomic E-state index is 0.111. The summed E-state index contributed by atoms with van der Waals surface area (Å²) in [7, 11) is 0. The lowest BCUT2D eigenvalue weighted by atomic mass is 10.0. The van der Waals surface area contributed by atoms with Gasteiger partial charge in [-0.3, -0.25) is 9.59 Å². The van der Waals surface area contributed by atoms with Gasteiger partial charge in [0.25, 0.3) is 0 Å². The predicted molar refractivity (Wildman–Crippen MR) is 52.1 cm³/mol. The van der Waals surface area contributed by atoms with Crippen LogP contribution < -0.4 is 10.4 Å². The van der Waals surface area contributed by atoms with E-state index in [1.54, 1.807) is 6.08 Å². The molecule has 0 aliphatic heterocycles. The van der Waals surface area contributed by atoms with Gasteiger partial charge in [-0.2, -0.15) is 0 Å². The summed E-state index contributed by atoms with van der Waals surface area (Å²) < 4.78 is 0. The van der Waals surface area contributed by atoms with Crippen LogP contribution in [0.2, 0.25) is 0 Å². The van der Waals surface area contributed by atoms with Crippen LogP contribution in [0.15, 0.2) is 18.2 Å². The first-order valence-electron chi connectivity index (χ1n) is 4.64. The zero-order valence-electron chi connectivity index (χ0n) is 7.54. The fraction of sp³-hybridized carbons (Fsp3) is 0.167. The summed E-state index contributed by atoms with van der Waals surface area (Å²) in [4.78, 5) is 22.9. The van der Waals surface area contributed by atoms with Crippen LogP contribution in [0.25, 0.3) is 11.6 Å². The Kier molecular flexibility index (Phi) is 1.32. The van der Waals surface area contributed by atoms with Gasteiger partial charge in [-0.05, 0) is 22.1 Å². The first-order valence-corrected chi connectivity index (χ1v) is 4.64. The minimum Gasteiger partial charge on any atom is -0.294 e. The lowest BCUT2D eigenvalue weighted by Gasteiger charge is -2.02. The number of benzene rings is 1. The van der Waals surface area contributed by atoms with Gasteiger partial charge in [-0.15, -0.1) is 0 Å². The zero-order valence-corrected chi connectivity index (χ0v) is 7.54. The summed E-state index contributed by atoms with van der Waals surface area (Å²) in [6.45, 7) is 0. The van der Waals surface area contributed by atoms with Crippen LogP contribution in [0, 0.1) is 0 Å². The second-order valence-corrected chi connectivity index (χ2v) is 3.76. The molecule has 1 aromatic carbocycles. The van der Waals surface area contributed by atoms with Gasteiger partial charge < -0.3 is 0 Å². The predicted octanol–water partition coefficient (Wildman–Crippen LogP) is 0.177. The molecule has 0 saturated heterocycles. The fourth-order valence-electron chi connectivity index (χ4n) is 2.28. The van der Waals surface area contributed by atoms with Gasteiger partial charge in [0.15, 0.2) is 11.6 Å². The third-order valence-electron chi connectivity index (χ3n) is 2.83. The summed E-state index contributed by atoms with van der Waals surface area (Å²) in [5, 5.41) is 1.94. The molecule has 2 nitrogen and oxygen atoms in total. The molecule has 1 aromatic rings. The van der Waals surface area contributed by atoms with Crippen molar-refractivity contribution in [2.24, 2.45) is 0 Å². The van der Waals surface area contributed by atoms with E-state index in [1.165, 1.54) is 0 Å². The van der Waals surface area contributed by atoms with E-state index in [0.717, 1.165) is 21.6 Å². The molecule has 3 rings (SSSR count). The third-order valence-corrected chi connectivity index (χ3v) is 2.83. The summed E-state index contributed by atoms with van der Waals surface area (Å²) in [5.74, 6) is 0.263. The standard InChI is InChI=1S/C12H8O2/c13-9-4-7-2-1-3-10-11(14)6-8(5-9)12(7)10/h1-4H,5-6H2. The highest BCUT2D eigenvalue weighted by Crippen LogP contribution is 2.18. The van der Waals surface area contributed by atoms with Crippen LogP contribution in [0.4, 0.5) is 0 Å². The number of hydrogen-bond acceptors (Lipinski definition) is 2. The maximum atomic E-state index is 11.6. The third kappa shape index (κ3) is 0.854. The molecular formula is C12H8O2. The quantitative estimate of drug-likeness (QED) is 0.576. The van der Waals surface area contributed by atoms with E-state index < -0.39 is 0 Å². The first-order chi connectivity index (χ1) is 6.75. The van der Waals surface area contributed by atoms with Crippen molar-refractivity contribution in [2.45, 2.75) is 12.8 Å². The van der Waals surface area contributed by atoms with Crippen LogP contribution in [0.5, 0.6) is 0 Å². The molecule has 2 aliphatic carbocycles. The average molecular weight is 184 g/mol. The van der Waals surface area contributed by atoms with Gasteiger partial charge in [0.2, 0.25) is 0 Å². The van der Waals surface area contributed by atoms with Crippen molar-refractivity contribution < 1.29 is 9.59 Å². The van der Waals surface area contributed by atoms with Crippen molar-refractivity contribution in [3.63, 3.8) is 0 Å². The van der Waals surface area contributed by atoms with Gasteiger partial charge in [0.1, 0.15) is 0 Å². The van der Waals surface area contributed by atoms with E-state index in [4.69, 9.17) is 0 Å². The minimum absolute atomic E-state index is 0.111. The molecule has 0 unspecified atom stereocenters. The molecule has 2 aliphatic rings. The SMILES string of the molecule is O=C1C=c2cccc3c2=C(C1)CC3=O. The van der Waals surface area contributed by atoms with Crippen molar-refractivity contribution in [1.29, 1.82) is 0 Å². The smallest absolute Gasteiger partial charge is 0.167 e. The number of carbonyl (C=O) groups excluding carboxylic acids is 2. The van der Waals surface area contributed by atoms with Gasteiger partial charge in [0.05, 0.1) is 0 Å². The van der Waals surface area contributed by atoms with Crippen molar-refractivity contribution >= 4 is 23.2 Å². The monoisotopic (exact) mass is 184 g/mol. The van der Waals surface area contributed by atoms with Gasteiger partial charge in [0, 0.05) is 18.4 Å². The van der Waals surface area contributed by atoms with E-state index in [1.807, 2.05) is 18.2 Å². The van der Waals surface area contributed by atoms with Crippen LogP contribution in [0.1, 0.15) is 23.2 Å². The van der Waals surface area contributed by atoms with E-state index >= 15 is 0 Å². The Hall–Kier alpha value is -1.70. The van der Waals surface area contributed by atoms with Gasteiger partial charge >= 0.3 is 0 Å². The summed E-state index contributed by atoms with van der Waals surface area (Å²) in [6.07, 6.45) is 2.50. The summed E-state index contributed by atoms with van der Waals surface area (Å²) >= 11 is 0. The normalized spacial score (nSPS) is 18.1. The van der Waals surface area contributed by atoms with E-state index in [-0.39, 0.29) is 11.6 Å². The largest absolute Gasteiger partial charge is 0.294 e. The van der Waals surface area contributed by atoms with Crippen molar-refractivity contribution in [3.8, 4) is 0 Å². The van der Waals surface area contributed by atoms with Crippen molar-refractivity contribution in [2.75, 3.05) is 0 Å². The van der Waals surface area contributed by atoms with Gasteiger partial charge in [-0.1, -0.05) is 18.2 Å². The Bertz CT molecular complexity index is 579. The molecule has 0 saturated carbocycles. The number of rotatable bonds is 0. The molecule has 14 heavy (non-hydrogen) atoms. The molecule has 0 heterocycles. The van der Waals surface area contributed by atoms with Crippen LogP contribution in [0.3, 0.4) is 0 Å². The molecular weight excluding hydrogens is 176 g/mol. The highest BCUT2D eigenvalue weighted by atomic mass is 16.1. The van der Waals surface area contributed by atoms with Gasteiger partial charge in [-0.25, -0.2) is 0 Å². The fourth-order valence-corrected chi connectivity index (χ4v) is 2.28. The lowest BCUT2D eigenvalue weighted by Crippen LogP contribution is -2.32.